The van der Waals surface area contributed by atoms with Gasteiger partial charge in [-0.25, -0.2) is 0 Å². The number of ether oxygens (including phenoxy) is 1. The van der Waals surface area contributed by atoms with Gasteiger partial charge < -0.3 is 10.1 Å². The lowest BCUT2D eigenvalue weighted by Crippen LogP contribution is -2.23. The van der Waals surface area contributed by atoms with Crippen LogP contribution in [-0.2, 0) is 14.3 Å². The first kappa shape index (κ1) is 16.4. The molecule has 1 N–H and O–H groups in total. The minimum Gasteiger partial charge on any atom is -0.456 e. The summed E-state index contributed by atoms with van der Waals surface area (Å²) in [5.41, 5.74) is 0.194. The summed E-state index contributed by atoms with van der Waals surface area (Å²) >= 11 is 0. The molecule has 1 aromatic rings. The lowest BCUT2D eigenvalue weighted by molar-refractivity contribution is -0.384. The molecule has 2 saturated carbocycles. The van der Waals surface area contributed by atoms with Crippen LogP contribution >= 0.6 is 0 Å². The predicted molar refractivity (Wildman–Crippen MR) is 86.2 cm³/mol. The topological polar surface area (TPSA) is 98.5 Å². The second kappa shape index (κ2) is 6.98. The quantitative estimate of drug-likeness (QED) is 0.490. The lowest BCUT2D eigenvalue weighted by atomic mass is 9.86. The fourth-order valence-electron chi connectivity index (χ4n) is 3.94. The Hall–Kier alpha value is -2.44. The smallest absolute Gasteiger partial charge is 0.306 e. The standard InChI is InChI=1S/C17H20N2O5/c20-16(18-14-2-1-3-15(9-14)19(22)23)10-24-17(21)8-13-7-11-4-5-12(13)6-11/h1-3,9,11-13H,4-8,10H2,(H,18,20)/t11-,12+,13-/m1/s1. The highest BCUT2D eigenvalue weighted by Gasteiger charge is 2.40. The Morgan fingerprint density at radius 3 is 2.79 bits per heavy atom. The molecule has 0 heterocycles. The van der Waals surface area contributed by atoms with Crippen LogP contribution in [0.3, 0.4) is 0 Å². The molecule has 0 unspecified atom stereocenters. The first-order valence-electron chi connectivity index (χ1n) is 8.21. The van der Waals surface area contributed by atoms with E-state index in [2.05, 4.69) is 5.32 Å². The van der Waals surface area contributed by atoms with E-state index in [4.69, 9.17) is 4.74 Å². The van der Waals surface area contributed by atoms with E-state index in [9.17, 15) is 19.7 Å². The van der Waals surface area contributed by atoms with Gasteiger partial charge in [-0.15, -0.1) is 0 Å². The molecular weight excluding hydrogens is 312 g/mol. The number of rotatable bonds is 6. The Balaban J connectivity index is 1.43. The molecule has 7 heteroatoms. The SMILES string of the molecule is O=C(COC(=O)C[C@H]1C[C@@H]2CC[C@H]1C2)Nc1cccc([N+](=O)[O-])c1. The fraction of sp³-hybridized carbons (Fsp3) is 0.529. The fourth-order valence-corrected chi connectivity index (χ4v) is 3.94. The highest BCUT2D eigenvalue weighted by Crippen LogP contribution is 2.49. The number of nitro groups is 1. The van der Waals surface area contributed by atoms with Gasteiger partial charge in [0.05, 0.1) is 4.92 Å². The van der Waals surface area contributed by atoms with Crippen LogP contribution in [0.15, 0.2) is 24.3 Å². The molecule has 0 radical (unpaired) electrons. The number of hydrogen-bond acceptors (Lipinski definition) is 5. The van der Waals surface area contributed by atoms with Gasteiger partial charge in [0, 0.05) is 24.2 Å². The molecular formula is C17H20N2O5. The van der Waals surface area contributed by atoms with Crippen LogP contribution in [0.4, 0.5) is 11.4 Å². The maximum Gasteiger partial charge on any atom is 0.306 e. The zero-order valence-corrected chi connectivity index (χ0v) is 13.3. The molecule has 0 saturated heterocycles. The largest absolute Gasteiger partial charge is 0.456 e. The zero-order valence-electron chi connectivity index (χ0n) is 13.3. The van der Waals surface area contributed by atoms with E-state index in [0.29, 0.717) is 23.9 Å². The van der Waals surface area contributed by atoms with Crippen LogP contribution in [0.25, 0.3) is 0 Å². The van der Waals surface area contributed by atoms with Crippen LogP contribution in [0, 0.1) is 27.9 Å². The number of nitro benzene ring substituents is 1. The predicted octanol–water partition coefficient (Wildman–Crippen LogP) is 2.90. The second-order valence-electron chi connectivity index (χ2n) is 6.66. The van der Waals surface area contributed by atoms with Gasteiger partial charge >= 0.3 is 5.97 Å². The highest BCUT2D eigenvalue weighted by molar-refractivity contribution is 5.93. The summed E-state index contributed by atoms with van der Waals surface area (Å²) < 4.78 is 5.04. The Bertz CT molecular complexity index is 660. The number of benzene rings is 1. The number of esters is 1. The normalized spacial score (nSPS) is 24.6. The van der Waals surface area contributed by atoms with Crippen molar-refractivity contribution in [3.8, 4) is 0 Å². The number of anilines is 1. The molecule has 2 aliphatic carbocycles. The molecule has 2 bridgehead atoms. The third-order valence-corrected chi connectivity index (χ3v) is 5.02. The van der Waals surface area contributed by atoms with Gasteiger partial charge in [0.15, 0.2) is 6.61 Å². The van der Waals surface area contributed by atoms with Crippen molar-refractivity contribution in [1.82, 2.24) is 0 Å². The first-order chi connectivity index (χ1) is 11.5. The van der Waals surface area contributed by atoms with Gasteiger partial charge in [-0.05, 0) is 43.1 Å². The van der Waals surface area contributed by atoms with Gasteiger partial charge in [-0.1, -0.05) is 12.5 Å². The van der Waals surface area contributed by atoms with Gasteiger partial charge in [0.25, 0.3) is 11.6 Å². The highest BCUT2D eigenvalue weighted by atomic mass is 16.6. The van der Waals surface area contributed by atoms with Gasteiger partial charge in [-0.3, -0.25) is 19.7 Å². The number of nitrogens with one attached hydrogen (secondary N) is 1. The number of amides is 1. The molecule has 7 nitrogen and oxygen atoms in total. The molecule has 2 fully saturated rings. The molecule has 128 valence electrons. The Kier molecular flexibility index (Phi) is 4.78. The summed E-state index contributed by atoms with van der Waals surface area (Å²) in [6, 6.07) is 5.62. The maximum atomic E-state index is 11.9. The number of nitrogens with zero attached hydrogens (tertiary/aromatic N) is 1. The van der Waals surface area contributed by atoms with Crippen molar-refractivity contribution in [1.29, 1.82) is 0 Å². The average molecular weight is 332 g/mol. The summed E-state index contributed by atoms with van der Waals surface area (Å²) in [6.45, 7) is -0.373. The molecule has 1 amide bonds. The summed E-state index contributed by atoms with van der Waals surface area (Å²) in [5.74, 6) is 0.959. The van der Waals surface area contributed by atoms with Crippen molar-refractivity contribution in [2.75, 3.05) is 11.9 Å². The monoisotopic (exact) mass is 332 g/mol. The molecule has 1 aromatic carbocycles. The van der Waals surface area contributed by atoms with Crippen LogP contribution < -0.4 is 5.32 Å². The molecule has 0 spiro atoms. The number of carbonyl (C=O) groups excluding carboxylic acids is 2. The van der Waals surface area contributed by atoms with Crippen LogP contribution in [0.5, 0.6) is 0 Å². The third kappa shape index (κ3) is 3.90. The molecule has 3 atom stereocenters. The number of non-ortho nitro benzene ring substituents is 1. The van der Waals surface area contributed by atoms with Crippen molar-refractivity contribution in [2.24, 2.45) is 17.8 Å². The van der Waals surface area contributed by atoms with E-state index < -0.39 is 10.8 Å². The third-order valence-electron chi connectivity index (χ3n) is 5.02. The van der Waals surface area contributed by atoms with Gasteiger partial charge in [-0.2, -0.15) is 0 Å². The molecule has 2 aliphatic rings. The van der Waals surface area contributed by atoms with E-state index in [1.54, 1.807) is 6.07 Å². The molecule has 0 aliphatic heterocycles. The summed E-state index contributed by atoms with van der Waals surface area (Å²) in [5, 5.41) is 13.2. The molecule has 3 rings (SSSR count). The Labute approximate surface area is 139 Å². The molecule has 0 aromatic heterocycles. The minimum absolute atomic E-state index is 0.110. The maximum absolute atomic E-state index is 11.9. The van der Waals surface area contributed by atoms with E-state index in [0.717, 1.165) is 12.3 Å². The van der Waals surface area contributed by atoms with Crippen molar-refractivity contribution < 1.29 is 19.2 Å². The first-order valence-corrected chi connectivity index (χ1v) is 8.21. The van der Waals surface area contributed by atoms with Crippen LogP contribution in [0.2, 0.25) is 0 Å². The molecule has 24 heavy (non-hydrogen) atoms. The van der Waals surface area contributed by atoms with Gasteiger partial charge in [0.1, 0.15) is 0 Å². The van der Waals surface area contributed by atoms with Crippen molar-refractivity contribution in [2.45, 2.75) is 32.1 Å². The second-order valence-corrected chi connectivity index (χ2v) is 6.66. The van der Waals surface area contributed by atoms with Crippen molar-refractivity contribution in [3.05, 3.63) is 34.4 Å². The average Bonchev–Trinajstić information content (AvgIpc) is 3.16. The Morgan fingerprint density at radius 1 is 1.29 bits per heavy atom. The number of fused-ring (bicyclic) bond motifs is 2. The van der Waals surface area contributed by atoms with E-state index in [-0.39, 0.29) is 18.3 Å². The van der Waals surface area contributed by atoms with Crippen molar-refractivity contribution in [3.63, 3.8) is 0 Å². The van der Waals surface area contributed by atoms with Gasteiger partial charge in [0.2, 0.25) is 0 Å². The number of hydrogen-bond donors (Lipinski definition) is 1. The summed E-state index contributed by atoms with van der Waals surface area (Å²) in [4.78, 5) is 33.8. The van der Waals surface area contributed by atoms with E-state index in [1.807, 2.05) is 0 Å². The van der Waals surface area contributed by atoms with Crippen molar-refractivity contribution >= 4 is 23.3 Å². The van der Waals surface area contributed by atoms with E-state index in [1.165, 1.54) is 37.5 Å². The lowest BCUT2D eigenvalue weighted by Gasteiger charge is -2.20. The Morgan fingerprint density at radius 2 is 2.12 bits per heavy atom. The zero-order chi connectivity index (χ0) is 17.1. The van der Waals surface area contributed by atoms with E-state index >= 15 is 0 Å². The minimum atomic E-state index is -0.537. The number of carbonyl (C=O) groups is 2. The van der Waals surface area contributed by atoms with Crippen LogP contribution in [-0.4, -0.2) is 23.4 Å². The summed E-state index contributed by atoms with van der Waals surface area (Å²) in [7, 11) is 0. The van der Waals surface area contributed by atoms with Crippen LogP contribution in [0.1, 0.15) is 32.1 Å². The summed E-state index contributed by atoms with van der Waals surface area (Å²) in [6.07, 6.45) is 5.19.